The van der Waals surface area contributed by atoms with Crippen LogP contribution in [0.15, 0.2) is 41.3 Å². The molecule has 4 nitrogen and oxygen atoms in total. The fraction of sp³-hybridized carbons (Fsp3) is 0.278. The number of fused-ring (bicyclic) bond motifs is 1. The van der Waals surface area contributed by atoms with Crippen LogP contribution >= 0.6 is 0 Å². The maximum Gasteiger partial charge on any atom is 0.422 e. The standard InChI is InChI=1S/C18H17F3N2O2/c1-11-4-6-13(7-5-11)23-12(2)8-14-16(17(23)24)15(9-22(14)3)25-10-18(19,20)21/h4-9H,10H2,1-3H3. The number of alkyl halides is 3. The van der Waals surface area contributed by atoms with E-state index in [2.05, 4.69) is 0 Å². The van der Waals surface area contributed by atoms with Crippen LogP contribution in [0.25, 0.3) is 16.6 Å². The van der Waals surface area contributed by atoms with E-state index in [1.807, 2.05) is 19.1 Å². The third-order valence-electron chi connectivity index (χ3n) is 3.99. The number of ether oxygens (including phenoxy) is 1. The summed E-state index contributed by atoms with van der Waals surface area (Å²) in [6.45, 7) is 2.27. The van der Waals surface area contributed by atoms with Crippen LogP contribution in [0.4, 0.5) is 13.2 Å². The molecule has 0 N–H and O–H groups in total. The summed E-state index contributed by atoms with van der Waals surface area (Å²) in [5.74, 6) is -0.0688. The Bertz CT molecular complexity index is 983. The molecule has 0 aliphatic heterocycles. The number of halogens is 3. The second kappa shape index (κ2) is 5.98. The van der Waals surface area contributed by atoms with Gasteiger partial charge in [-0.2, -0.15) is 13.2 Å². The Labute approximate surface area is 142 Å². The maximum atomic E-state index is 13.0. The second-order valence-corrected chi connectivity index (χ2v) is 6.03. The molecule has 0 aliphatic carbocycles. The summed E-state index contributed by atoms with van der Waals surface area (Å²) in [7, 11) is 1.66. The lowest BCUT2D eigenvalue weighted by atomic mass is 10.2. The summed E-state index contributed by atoms with van der Waals surface area (Å²) in [6, 6.07) is 9.11. The largest absolute Gasteiger partial charge is 0.482 e. The average molecular weight is 350 g/mol. The highest BCUT2D eigenvalue weighted by Crippen LogP contribution is 2.28. The minimum atomic E-state index is -4.47. The van der Waals surface area contributed by atoms with E-state index in [4.69, 9.17) is 4.74 Å². The van der Waals surface area contributed by atoms with Gasteiger partial charge >= 0.3 is 6.18 Å². The van der Waals surface area contributed by atoms with Crippen molar-refractivity contribution in [2.45, 2.75) is 20.0 Å². The minimum absolute atomic E-state index is 0.0688. The summed E-state index contributed by atoms with van der Waals surface area (Å²) in [6.07, 6.45) is -3.07. The van der Waals surface area contributed by atoms with E-state index in [-0.39, 0.29) is 11.1 Å². The molecular weight excluding hydrogens is 333 g/mol. The highest BCUT2D eigenvalue weighted by molar-refractivity contribution is 5.86. The van der Waals surface area contributed by atoms with Crippen molar-refractivity contribution in [3.05, 3.63) is 58.1 Å². The molecule has 2 heterocycles. The molecule has 0 bridgehead atoms. The zero-order valence-electron chi connectivity index (χ0n) is 14.0. The third kappa shape index (κ3) is 3.26. The quantitative estimate of drug-likeness (QED) is 0.719. The van der Waals surface area contributed by atoms with Gasteiger partial charge in [-0.05, 0) is 32.0 Å². The molecule has 7 heteroatoms. The lowest BCUT2D eigenvalue weighted by Crippen LogP contribution is -2.22. The van der Waals surface area contributed by atoms with Gasteiger partial charge in [-0.3, -0.25) is 9.36 Å². The fourth-order valence-corrected chi connectivity index (χ4v) is 2.82. The number of aryl methyl sites for hydroxylation is 3. The summed E-state index contributed by atoms with van der Waals surface area (Å²) in [5.41, 5.74) is 2.51. The molecule has 0 atom stereocenters. The zero-order chi connectivity index (χ0) is 18.4. The number of benzene rings is 1. The number of hydrogen-bond acceptors (Lipinski definition) is 2. The van der Waals surface area contributed by atoms with Gasteiger partial charge in [0, 0.05) is 24.6 Å². The van der Waals surface area contributed by atoms with Gasteiger partial charge in [0.25, 0.3) is 5.56 Å². The summed E-state index contributed by atoms with van der Waals surface area (Å²) in [5, 5.41) is 0.137. The highest BCUT2D eigenvalue weighted by Gasteiger charge is 2.29. The first-order valence-corrected chi connectivity index (χ1v) is 7.65. The Balaban J connectivity index is 2.20. The van der Waals surface area contributed by atoms with E-state index >= 15 is 0 Å². The van der Waals surface area contributed by atoms with Crippen LogP contribution < -0.4 is 10.3 Å². The van der Waals surface area contributed by atoms with E-state index in [0.29, 0.717) is 16.9 Å². The van der Waals surface area contributed by atoms with Gasteiger partial charge < -0.3 is 9.30 Å². The monoisotopic (exact) mass is 350 g/mol. The molecule has 0 fully saturated rings. The van der Waals surface area contributed by atoms with Crippen LogP contribution in [0.5, 0.6) is 5.75 Å². The van der Waals surface area contributed by atoms with Gasteiger partial charge in [-0.25, -0.2) is 0 Å². The normalized spacial score (nSPS) is 11.9. The SMILES string of the molecule is Cc1ccc(-n2c(C)cc3c(c(OCC(F)(F)F)cn3C)c2=O)cc1. The molecule has 3 aromatic rings. The van der Waals surface area contributed by atoms with Crippen molar-refractivity contribution in [2.75, 3.05) is 6.61 Å². The Morgan fingerprint density at radius 2 is 1.76 bits per heavy atom. The van der Waals surface area contributed by atoms with Gasteiger partial charge in [0.15, 0.2) is 12.4 Å². The van der Waals surface area contributed by atoms with Gasteiger partial charge in [-0.1, -0.05) is 17.7 Å². The van der Waals surface area contributed by atoms with Crippen molar-refractivity contribution < 1.29 is 17.9 Å². The van der Waals surface area contributed by atoms with Crippen LogP contribution in [-0.4, -0.2) is 21.9 Å². The summed E-state index contributed by atoms with van der Waals surface area (Å²) >= 11 is 0. The van der Waals surface area contributed by atoms with E-state index in [1.165, 1.54) is 10.8 Å². The summed E-state index contributed by atoms with van der Waals surface area (Å²) in [4.78, 5) is 13.0. The van der Waals surface area contributed by atoms with Crippen LogP contribution in [0.1, 0.15) is 11.3 Å². The molecule has 25 heavy (non-hydrogen) atoms. The summed E-state index contributed by atoms with van der Waals surface area (Å²) < 4.78 is 45.4. The Hall–Kier alpha value is -2.70. The average Bonchev–Trinajstić information content (AvgIpc) is 2.83. The predicted octanol–water partition coefficient (Wildman–Crippen LogP) is 3.89. The number of hydrogen-bond donors (Lipinski definition) is 0. The topological polar surface area (TPSA) is 36.2 Å². The van der Waals surface area contributed by atoms with Crippen molar-refractivity contribution >= 4 is 10.9 Å². The van der Waals surface area contributed by atoms with E-state index in [9.17, 15) is 18.0 Å². The molecule has 0 radical (unpaired) electrons. The fourth-order valence-electron chi connectivity index (χ4n) is 2.82. The molecule has 0 amide bonds. The number of nitrogens with zero attached hydrogens (tertiary/aromatic N) is 2. The van der Waals surface area contributed by atoms with Crippen molar-refractivity contribution in [3.63, 3.8) is 0 Å². The molecule has 132 valence electrons. The van der Waals surface area contributed by atoms with Gasteiger partial charge in [0.1, 0.15) is 5.39 Å². The van der Waals surface area contributed by atoms with Gasteiger partial charge in [0.05, 0.1) is 5.52 Å². The van der Waals surface area contributed by atoms with Gasteiger partial charge in [0.2, 0.25) is 0 Å². The van der Waals surface area contributed by atoms with Crippen LogP contribution in [0, 0.1) is 13.8 Å². The van der Waals surface area contributed by atoms with Crippen molar-refractivity contribution in [1.82, 2.24) is 9.13 Å². The first-order chi connectivity index (χ1) is 11.7. The smallest absolute Gasteiger partial charge is 0.422 e. The lowest BCUT2D eigenvalue weighted by molar-refractivity contribution is -0.153. The van der Waals surface area contributed by atoms with Crippen LogP contribution in [0.3, 0.4) is 0 Å². The number of rotatable bonds is 3. The van der Waals surface area contributed by atoms with E-state index in [0.717, 1.165) is 5.56 Å². The Kier molecular flexibility index (Phi) is 4.10. The minimum Gasteiger partial charge on any atom is -0.482 e. The molecule has 3 rings (SSSR count). The second-order valence-electron chi connectivity index (χ2n) is 6.03. The third-order valence-corrected chi connectivity index (χ3v) is 3.99. The highest BCUT2D eigenvalue weighted by atomic mass is 19.4. The molecule has 0 spiro atoms. The van der Waals surface area contributed by atoms with E-state index < -0.39 is 18.3 Å². The van der Waals surface area contributed by atoms with Gasteiger partial charge in [-0.15, -0.1) is 0 Å². The molecule has 0 saturated heterocycles. The Morgan fingerprint density at radius 3 is 2.36 bits per heavy atom. The first kappa shape index (κ1) is 17.1. The number of pyridine rings is 1. The molecule has 0 aliphatic rings. The van der Waals surface area contributed by atoms with E-state index in [1.54, 1.807) is 36.7 Å². The number of aromatic nitrogens is 2. The lowest BCUT2D eigenvalue weighted by Gasteiger charge is -2.12. The molecule has 0 unspecified atom stereocenters. The Morgan fingerprint density at radius 1 is 1.12 bits per heavy atom. The van der Waals surface area contributed by atoms with Crippen molar-refractivity contribution in [3.8, 4) is 11.4 Å². The predicted molar refractivity (Wildman–Crippen MR) is 89.5 cm³/mol. The molecule has 1 aromatic carbocycles. The van der Waals surface area contributed by atoms with Crippen LogP contribution in [-0.2, 0) is 7.05 Å². The van der Waals surface area contributed by atoms with Crippen molar-refractivity contribution in [1.29, 1.82) is 0 Å². The van der Waals surface area contributed by atoms with Crippen LogP contribution in [0.2, 0.25) is 0 Å². The van der Waals surface area contributed by atoms with Crippen molar-refractivity contribution in [2.24, 2.45) is 7.05 Å². The molecule has 0 saturated carbocycles. The maximum absolute atomic E-state index is 13.0. The first-order valence-electron chi connectivity index (χ1n) is 7.65. The zero-order valence-corrected chi connectivity index (χ0v) is 14.0. The molecular formula is C18H17F3N2O2. The molecule has 2 aromatic heterocycles.